The molecular weight excluding hydrogens is 244 g/mol. The molecule has 0 aromatic heterocycles. The van der Waals surface area contributed by atoms with Gasteiger partial charge in [0, 0.05) is 16.9 Å². The van der Waals surface area contributed by atoms with E-state index in [0.29, 0.717) is 17.6 Å². The molecule has 2 atom stereocenters. The largest absolute Gasteiger partial charge is 0.409 e. The smallest absolute Gasteiger partial charge is 0.140 e. The first kappa shape index (κ1) is 14.9. The van der Waals surface area contributed by atoms with Crippen LogP contribution in [0.2, 0.25) is 0 Å². The van der Waals surface area contributed by atoms with Crippen molar-refractivity contribution in [3.05, 3.63) is 35.9 Å². The van der Waals surface area contributed by atoms with Crippen molar-refractivity contribution in [1.82, 2.24) is 0 Å². The first-order valence-electron chi connectivity index (χ1n) is 6.21. The van der Waals surface area contributed by atoms with Crippen LogP contribution >= 0.6 is 11.8 Å². The van der Waals surface area contributed by atoms with Gasteiger partial charge in [-0.3, -0.25) is 0 Å². The van der Waals surface area contributed by atoms with Crippen LogP contribution < -0.4 is 5.73 Å². The molecule has 0 bridgehead atoms. The average molecular weight is 266 g/mol. The van der Waals surface area contributed by atoms with Crippen LogP contribution in [0.1, 0.15) is 38.0 Å². The minimum Gasteiger partial charge on any atom is -0.409 e. The molecule has 0 aliphatic heterocycles. The van der Waals surface area contributed by atoms with E-state index in [-0.39, 0.29) is 11.1 Å². The van der Waals surface area contributed by atoms with Crippen LogP contribution in [0.15, 0.2) is 35.5 Å². The van der Waals surface area contributed by atoms with Gasteiger partial charge in [0.1, 0.15) is 5.84 Å². The Morgan fingerprint density at radius 1 is 1.28 bits per heavy atom. The van der Waals surface area contributed by atoms with E-state index >= 15 is 0 Å². The Hall–Kier alpha value is -1.16. The van der Waals surface area contributed by atoms with E-state index in [1.165, 1.54) is 5.56 Å². The fourth-order valence-electron chi connectivity index (χ4n) is 1.56. The molecular formula is C14H22N2OS. The summed E-state index contributed by atoms with van der Waals surface area (Å²) in [5.74, 6) is 0.890. The third-order valence-corrected chi connectivity index (χ3v) is 4.75. The summed E-state index contributed by atoms with van der Waals surface area (Å²) >= 11 is 1.88. The summed E-state index contributed by atoms with van der Waals surface area (Å²) in [5, 5.41) is 12.6. The highest BCUT2D eigenvalue weighted by molar-refractivity contribution is 8.00. The van der Waals surface area contributed by atoms with Crippen LogP contribution in [0.3, 0.4) is 0 Å². The summed E-state index contributed by atoms with van der Waals surface area (Å²) in [4.78, 5) is 0. The lowest BCUT2D eigenvalue weighted by atomic mass is 10.1. The van der Waals surface area contributed by atoms with Crippen molar-refractivity contribution in [2.75, 3.05) is 0 Å². The molecule has 0 aliphatic carbocycles. The van der Waals surface area contributed by atoms with Crippen LogP contribution in [0.4, 0.5) is 0 Å². The van der Waals surface area contributed by atoms with E-state index in [4.69, 9.17) is 10.9 Å². The van der Waals surface area contributed by atoms with Crippen LogP contribution in [-0.4, -0.2) is 16.3 Å². The molecule has 0 spiro atoms. The summed E-state index contributed by atoms with van der Waals surface area (Å²) in [7, 11) is 0. The Labute approximate surface area is 113 Å². The van der Waals surface area contributed by atoms with Crippen LogP contribution in [0, 0.1) is 5.92 Å². The minimum atomic E-state index is 0.236. The predicted octanol–water partition coefficient (Wildman–Crippen LogP) is 3.64. The lowest BCUT2D eigenvalue weighted by Gasteiger charge is -2.23. The quantitative estimate of drug-likeness (QED) is 0.358. The number of benzene rings is 1. The second kappa shape index (κ2) is 7.31. The molecule has 0 aliphatic rings. The molecule has 0 amide bonds. The highest BCUT2D eigenvalue weighted by Crippen LogP contribution is 2.37. The third kappa shape index (κ3) is 4.61. The van der Waals surface area contributed by atoms with Gasteiger partial charge in [-0.25, -0.2) is 0 Å². The molecule has 1 rings (SSSR count). The maximum atomic E-state index is 8.73. The fourth-order valence-corrected chi connectivity index (χ4v) is 2.97. The molecule has 0 heterocycles. The summed E-state index contributed by atoms with van der Waals surface area (Å²) in [6, 6.07) is 10.2. The third-order valence-electron chi connectivity index (χ3n) is 3.01. The van der Waals surface area contributed by atoms with Gasteiger partial charge >= 0.3 is 0 Å². The molecule has 3 N–H and O–H groups in total. The summed E-state index contributed by atoms with van der Waals surface area (Å²) in [6.45, 7) is 6.64. The van der Waals surface area contributed by atoms with Gasteiger partial charge in [-0.2, -0.15) is 0 Å². The SMILES string of the molecule is CC(C)C(C)SC(C/C(N)=N/O)c1ccccc1. The molecule has 0 saturated carbocycles. The number of nitrogens with zero attached hydrogens (tertiary/aromatic N) is 1. The zero-order valence-corrected chi connectivity index (χ0v) is 12.0. The highest BCUT2D eigenvalue weighted by Gasteiger charge is 2.19. The lowest BCUT2D eigenvalue weighted by molar-refractivity contribution is 0.317. The standard InChI is InChI=1S/C14H22N2OS/c1-10(2)11(3)18-13(9-14(15)16-17)12-7-5-4-6-8-12/h4-8,10-11,13,17H,9H2,1-3H3,(H2,15,16). The highest BCUT2D eigenvalue weighted by atomic mass is 32.2. The Morgan fingerprint density at radius 3 is 2.39 bits per heavy atom. The zero-order chi connectivity index (χ0) is 13.5. The van der Waals surface area contributed by atoms with Gasteiger partial charge in [0.05, 0.1) is 0 Å². The first-order valence-corrected chi connectivity index (χ1v) is 7.15. The predicted molar refractivity (Wildman–Crippen MR) is 79.1 cm³/mol. The number of amidine groups is 1. The second-order valence-electron chi connectivity index (χ2n) is 4.78. The molecule has 0 saturated heterocycles. The van der Waals surface area contributed by atoms with E-state index in [1.807, 2.05) is 30.0 Å². The van der Waals surface area contributed by atoms with Crippen LogP contribution in [-0.2, 0) is 0 Å². The molecule has 0 radical (unpaired) electrons. The minimum absolute atomic E-state index is 0.236. The zero-order valence-electron chi connectivity index (χ0n) is 11.2. The molecule has 4 heteroatoms. The Bertz CT molecular complexity index is 379. The molecule has 100 valence electrons. The number of thioether (sulfide) groups is 1. The first-order chi connectivity index (χ1) is 8.54. The lowest BCUT2D eigenvalue weighted by Crippen LogP contribution is -2.17. The molecule has 2 unspecified atom stereocenters. The van der Waals surface area contributed by atoms with E-state index in [9.17, 15) is 0 Å². The Balaban J connectivity index is 2.82. The monoisotopic (exact) mass is 266 g/mol. The number of rotatable bonds is 6. The Kier molecular flexibility index (Phi) is 6.05. The summed E-state index contributed by atoms with van der Waals surface area (Å²) in [6.07, 6.45) is 0.572. The van der Waals surface area contributed by atoms with Crippen molar-refractivity contribution in [1.29, 1.82) is 0 Å². The van der Waals surface area contributed by atoms with Crippen molar-refractivity contribution in [2.24, 2.45) is 16.8 Å². The van der Waals surface area contributed by atoms with Crippen LogP contribution in [0.25, 0.3) is 0 Å². The fraction of sp³-hybridized carbons (Fsp3) is 0.500. The molecule has 1 aromatic carbocycles. The van der Waals surface area contributed by atoms with E-state index in [0.717, 1.165) is 0 Å². The second-order valence-corrected chi connectivity index (χ2v) is 6.36. The average Bonchev–Trinajstić information content (AvgIpc) is 2.38. The molecule has 1 aromatic rings. The number of hydrogen-bond acceptors (Lipinski definition) is 3. The number of nitrogens with two attached hydrogens (primary N) is 1. The van der Waals surface area contributed by atoms with Gasteiger partial charge in [0.2, 0.25) is 0 Å². The van der Waals surface area contributed by atoms with Crippen molar-refractivity contribution < 1.29 is 5.21 Å². The van der Waals surface area contributed by atoms with Gasteiger partial charge in [-0.05, 0) is 11.5 Å². The normalized spacial score (nSPS) is 15.7. The topological polar surface area (TPSA) is 58.6 Å². The molecule has 0 fully saturated rings. The van der Waals surface area contributed by atoms with Gasteiger partial charge < -0.3 is 10.9 Å². The van der Waals surface area contributed by atoms with Gasteiger partial charge in [0.25, 0.3) is 0 Å². The molecule has 3 nitrogen and oxygen atoms in total. The summed E-state index contributed by atoms with van der Waals surface area (Å²) < 4.78 is 0. The van der Waals surface area contributed by atoms with E-state index < -0.39 is 0 Å². The van der Waals surface area contributed by atoms with Crippen LogP contribution in [0.5, 0.6) is 0 Å². The van der Waals surface area contributed by atoms with Gasteiger partial charge in [-0.1, -0.05) is 56.3 Å². The Morgan fingerprint density at radius 2 is 1.89 bits per heavy atom. The van der Waals surface area contributed by atoms with Gasteiger partial charge in [0.15, 0.2) is 0 Å². The van der Waals surface area contributed by atoms with E-state index in [2.05, 4.69) is 38.1 Å². The van der Waals surface area contributed by atoms with E-state index in [1.54, 1.807) is 0 Å². The maximum absolute atomic E-state index is 8.73. The van der Waals surface area contributed by atoms with Crippen molar-refractivity contribution in [3.8, 4) is 0 Å². The van der Waals surface area contributed by atoms with Crippen molar-refractivity contribution in [2.45, 2.75) is 37.7 Å². The maximum Gasteiger partial charge on any atom is 0.140 e. The number of hydrogen-bond donors (Lipinski definition) is 2. The summed E-state index contributed by atoms with van der Waals surface area (Å²) in [5.41, 5.74) is 6.87. The van der Waals surface area contributed by atoms with Crippen molar-refractivity contribution >= 4 is 17.6 Å². The van der Waals surface area contributed by atoms with Gasteiger partial charge in [-0.15, -0.1) is 11.8 Å². The number of oxime groups is 1. The van der Waals surface area contributed by atoms with Crippen molar-refractivity contribution in [3.63, 3.8) is 0 Å². The molecule has 18 heavy (non-hydrogen) atoms.